The Morgan fingerprint density at radius 2 is 1.94 bits per heavy atom. The van der Waals surface area contributed by atoms with Crippen molar-refractivity contribution in [3.05, 3.63) is 38.3 Å². The molecule has 1 atom stereocenters. The van der Waals surface area contributed by atoms with Gasteiger partial charge in [0.1, 0.15) is 0 Å². The van der Waals surface area contributed by atoms with Crippen molar-refractivity contribution in [3.63, 3.8) is 0 Å². The lowest BCUT2D eigenvalue weighted by molar-refractivity contribution is -0.188. The Hall–Kier alpha value is -0.230. The third-order valence-corrected chi connectivity index (χ3v) is 3.05. The average Bonchev–Trinajstić information content (AvgIpc) is 2.19. The van der Waals surface area contributed by atoms with Crippen LogP contribution in [0.1, 0.15) is 5.56 Å². The Kier molecular flexibility index (Phi) is 4.89. The predicted octanol–water partition coefficient (Wildman–Crippen LogP) is 4.65. The van der Waals surface area contributed by atoms with Crippen LogP contribution in [0.2, 0.25) is 10.0 Å². The van der Waals surface area contributed by atoms with E-state index >= 15 is 0 Å². The molecule has 0 heterocycles. The van der Waals surface area contributed by atoms with Gasteiger partial charge in [-0.3, -0.25) is 0 Å². The Balaban J connectivity index is 3.03. The molecule has 0 aliphatic carbocycles. The Morgan fingerprint density at radius 3 is 2.41 bits per heavy atom. The molecule has 0 radical (unpaired) electrons. The van der Waals surface area contributed by atoms with Crippen molar-refractivity contribution < 1.29 is 18.3 Å². The summed E-state index contributed by atoms with van der Waals surface area (Å²) in [7, 11) is 0. The molecular weight excluding hydrogens is 344 g/mol. The summed E-state index contributed by atoms with van der Waals surface area (Å²) >= 11 is 14.1. The van der Waals surface area contributed by atoms with Crippen LogP contribution in [-0.2, 0) is 0 Å². The Bertz CT molecular complexity index is 446. The number of aliphatic hydroxyl groups is 1. The lowest BCUT2D eigenvalue weighted by Gasteiger charge is -2.14. The molecule has 1 N–H and O–H groups in total. The molecule has 0 saturated heterocycles. The van der Waals surface area contributed by atoms with Gasteiger partial charge in [-0.15, -0.1) is 0 Å². The number of hydrogen-bond acceptors (Lipinski definition) is 1. The Morgan fingerprint density at radius 1 is 1.35 bits per heavy atom. The zero-order valence-corrected chi connectivity index (χ0v) is 11.2. The summed E-state index contributed by atoms with van der Waals surface area (Å²) in [6.45, 7) is 0. The fourth-order valence-electron chi connectivity index (χ4n) is 1.00. The lowest BCUT2D eigenvalue weighted by atomic mass is 10.2. The molecule has 0 saturated carbocycles. The van der Waals surface area contributed by atoms with Crippen molar-refractivity contribution in [3.8, 4) is 0 Å². The molecule has 0 aliphatic rings. The molecule has 0 spiro atoms. The van der Waals surface area contributed by atoms with Gasteiger partial charge < -0.3 is 5.11 Å². The molecule has 94 valence electrons. The highest BCUT2D eigenvalue weighted by Crippen LogP contribution is 2.31. The first-order valence-corrected chi connectivity index (χ1v) is 5.83. The van der Waals surface area contributed by atoms with Gasteiger partial charge in [0.2, 0.25) is 0 Å². The third-order valence-electron chi connectivity index (χ3n) is 1.83. The van der Waals surface area contributed by atoms with Gasteiger partial charge >= 0.3 is 6.18 Å². The minimum Gasteiger partial charge on any atom is -0.379 e. The highest BCUT2D eigenvalue weighted by molar-refractivity contribution is 9.11. The molecule has 7 heteroatoms. The number of aliphatic hydroxyl groups excluding tert-OH is 1. The molecule has 17 heavy (non-hydrogen) atoms. The van der Waals surface area contributed by atoms with E-state index in [9.17, 15) is 13.2 Å². The molecule has 0 aliphatic heterocycles. The average molecular weight is 350 g/mol. The van der Waals surface area contributed by atoms with E-state index in [-0.39, 0.29) is 5.02 Å². The molecule has 1 aromatic rings. The van der Waals surface area contributed by atoms with Crippen LogP contribution in [0.4, 0.5) is 13.2 Å². The fourth-order valence-corrected chi connectivity index (χ4v) is 1.97. The minimum absolute atomic E-state index is 0.198. The molecule has 0 fully saturated rings. The quantitative estimate of drug-likeness (QED) is 0.823. The second-order valence-corrected chi connectivity index (χ2v) is 4.90. The van der Waals surface area contributed by atoms with Crippen molar-refractivity contribution >= 4 is 45.2 Å². The van der Waals surface area contributed by atoms with E-state index in [1.807, 2.05) is 0 Å². The summed E-state index contributed by atoms with van der Waals surface area (Å²) in [5.41, 5.74) is 0.325. The smallest absolute Gasteiger partial charge is 0.379 e. The molecule has 0 aromatic heterocycles. The zero-order chi connectivity index (χ0) is 13.2. The maximum absolute atomic E-state index is 12.2. The van der Waals surface area contributed by atoms with Crippen LogP contribution >= 0.6 is 39.1 Å². The molecule has 1 rings (SSSR count). The van der Waals surface area contributed by atoms with Gasteiger partial charge in [0.15, 0.2) is 6.10 Å². The van der Waals surface area contributed by atoms with Crippen LogP contribution in [0.25, 0.3) is 6.08 Å². The highest BCUT2D eigenvalue weighted by Gasteiger charge is 2.40. The molecule has 1 unspecified atom stereocenters. The summed E-state index contributed by atoms with van der Waals surface area (Å²) in [4.78, 5) is 0. The van der Waals surface area contributed by atoms with E-state index in [2.05, 4.69) is 15.9 Å². The van der Waals surface area contributed by atoms with Crippen LogP contribution < -0.4 is 0 Å². The SMILES string of the molecule is OC(/C(Br)=C/c1ccc(Cl)cc1Cl)C(F)(F)F. The predicted molar refractivity (Wildman–Crippen MR) is 65.4 cm³/mol. The summed E-state index contributed by atoms with van der Waals surface area (Å²) < 4.78 is 36.2. The summed E-state index contributed by atoms with van der Waals surface area (Å²) in [5, 5.41) is 9.52. The maximum Gasteiger partial charge on any atom is 0.419 e. The van der Waals surface area contributed by atoms with Gasteiger partial charge in [0, 0.05) is 14.5 Å². The van der Waals surface area contributed by atoms with Crippen molar-refractivity contribution in [2.75, 3.05) is 0 Å². The first-order chi connectivity index (χ1) is 7.71. The van der Waals surface area contributed by atoms with Crippen LogP contribution in [0, 0.1) is 0 Å². The topological polar surface area (TPSA) is 20.2 Å². The van der Waals surface area contributed by atoms with Crippen LogP contribution in [0.5, 0.6) is 0 Å². The van der Waals surface area contributed by atoms with E-state index in [1.165, 1.54) is 18.2 Å². The first-order valence-electron chi connectivity index (χ1n) is 4.28. The van der Waals surface area contributed by atoms with Crippen molar-refractivity contribution in [1.82, 2.24) is 0 Å². The molecule has 0 bridgehead atoms. The molecule has 1 nitrogen and oxygen atoms in total. The van der Waals surface area contributed by atoms with Crippen molar-refractivity contribution in [1.29, 1.82) is 0 Å². The van der Waals surface area contributed by atoms with Gasteiger partial charge in [0.05, 0.1) is 0 Å². The van der Waals surface area contributed by atoms with Gasteiger partial charge in [-0.25, -0.2) is 0 Å². The Labute approximate surface area is 114 Å². The second-order valence-electron chi connectivity index (χ2n) is 3.14. The van der Waals surface area contributed by atoms with Gasteiger partial charge in [-0.1, -0.05) is 45.2 Å². The molecule has 1 aromatic carbocycles. The minimum atomic E-state index is -4.73. The van der Waals surface area contributed by atoms with E-state index < -0.39 is 16.8 Å². The van der Waals surface area contributed by atoms with Crippen LogP contribution in [-0.4, -0.2) is 17.4 Å². The number of hydrogen-bond donors (Lipinski definition) is 1. The summed E-state index contributed by atoms with van der Waals surface area (Å²) in [5.74, 6) is 0. The standard InChI is InChI=1S/C10H6BrCl2F3O/c11-7(9(17)10(14,15)16)3-5-1-2-6(12)4-8(5)13/h1-4,9,17H/b7-3-. The van der Waals surface area contributed by atoms with E-state index in [1.54, 1.807) is 0 Å². The normalized spacial score (nSPS) is 14.9. The fraction of sp³-hybridized carbons (Fsp3) is 0.200. The summed E-state index contributed by atoms with van der Waals surface area (Å²) in [6, 6.07) is 4.34. The third kappa shape index (κ3) is 4.17. The van der Waals surface area contributed by atoms with Crippen LogP contribution in [0.15, 0.2) is 22.7 Å². The molecular formula is C10H6BrCl2F3O. The second kappa shape index (κ2) is 5.61. The van der Waals surface area contributed by atoms with Gasteiger partial charge in [0.25, 0.3) is 0 Å². The van der Waals surface area contributed by atoms with E-state index in [0.717, 1.165) is 6.08 Å². The van der Waals surface area contributed by atoms with E-state index in [0.29, 0.717) is 10.6 Å². The van der Waals surface area contributed by atoms with Crippen molar-refractivity contribution in [2.45, 2.75) is 12.3 Å². The molecule has 0 amide bonds. The van der Waals surface area contributed by atoms with E-state index in [4.69, 9.17) is 28.3 Å². The number of halogens is 6. The highest BCUT2D eigenvalue weighted by atomic mass is 79.9. The first kappa shape index (κ1) is 14.8. The number of alkyl halides is 3. The lowest BCUT2D eigenvalue weighted by Crippen LogP contribution is -2.28. The van der Waals surface area contributed by atoms with Gasteiger partial charge in [-0.05, 0) is 23.8 Å². The zero-order valence-electron chi connectivity index (χ0n) is 8.10. The van der Waals surface area contributed by atoms with Crippen molar-refractivity contribution in [2.24, 2.45) is 0 Å². The van der Waals surface area contributed by atoms with Crippen LogP contribution in [0.3, 0.4) is 0 Å². The largest absolute Gasteiger partial charge is 0.419 e. The summed E-state index contributed by atoms with van der Waals surface area (Å²) in [6.07, 6.45) is -6.21. The maximum atomic E-state index is 12.2. The monoisotopic (exact) mass is 348 g/mol. The number of rotatable bonds is 2. The van der Waals surface area contributed by atoms with Gasteiger partial charge in [-0.2, -0.15) is 13.2 Å². The number of benzene rings is 1.